The summed E-state index contributed by atoms with van der Waals surface area (Å²) < 4.78 is 12.5. The summed E-state index contributed by atoms with van der Waals surface area (Å²) in [5, 5.41) is 7.18. The molecule has 3 heterocycles. The molecule has 6 nitrogen and oxygen atoms in total. The van der Waals surface area contributed by atoms with Crippen molar-refractivity contribution in [3.05, 3.63) is 35.4 Å². The van der Waals surface area contributed by atoms with Crippen LogP contribution in [0, 0.1) is 6.92 Å². The zero-order chi connectivity index (χ0) is 13.9. The molecule has 6 heteroatoms. The fraction of sp³-hybridized carbons (Fsp3) is 0.429. The van der Waals surface area contributed by atoms with E-state index in [2.05, 4.69) is 10.4 Å². The highest BCUT2D eigenvalue weighted by molar-refractivity contribution is 5.94. The summed E-state index contributed by atoms with van der Waals surface area (Å²) in [5.74, 6) is 1.40. The summed E-state index contributed by atoms with van der Waals surface area (Å²) in [6, 6.07) is 3.72. The molecule has 0 bridgehead atoms. The Morgan fingerprint density at radius 1 is 1.55 bits per heavy atom. The number of hydrogen-bond donors (Lipinski definition) is 1. The van der Waals surface area contributed by atoms with Crippen molar-refractivity contribution in [2.45, 2.75) is 26.3 Å². The van der Waals surface area contributed by atoms with E-state index in [1.807, 2.05) is 19.1 Å². The molecule has 2 aromatic heterocycles. The van der Waals surface area contributed by atoms with E-state index in [9.17, 15) is 4.79 Å². The zero-order valence-corrected chi connectivity index (χ0v) is 11.4. The first kappa shape index (κ1) is 12.8. The summed E-state index contributed by atoms with van der Waals surface area (Å²) in [6.45, 7) is 3.88. The highest BCUT2D eigenvalue weighted by Gasteiger charge is 2.22. The number of rotatable bonds is 4. The second kappa shape index (κ2) is 5.40. The van der Waals surface area contributed by atoms with Crippen molar-refractivity contribution in [3.63, 3.8) is 0 Å². The van der Waals surface area contributed by atoms with Gasteiger partial charge in [-0.3, -0.25) is 4.79 Å². The molecular weight excluding hydrogens is 258 g/mol. The van der Waals surface area contributed by atoms with E-state index in [1.54, 1.807) is 10.9 Å². The van der Waals surface area contributed by atoms with Crippen molar-refractivity contribution in [1.82, 2.24) is 15.1 Å². The Hall–Kier alpha value is -2.24. The average molecular weight is 275 g/mol. The number of carbonyl (C=O) groups is 1. The van der Waals surface area contributed by atoms with Gasteiger partial charge in [0.1, 0.15) is 5.76 Å². The van der Waals surface area contributed by atoms with E-state index in [0.717, 1.165) is 24.3 Å². The number of furan rings is 1. The number of ether oxygens (including phenoxy) is 1. The minimum Gasteiger partial charge on any atom is -0.478 e. The van der Waals surface area contributed by atoms with E-state index in [-0.39, 0.29) is 5.91 Å². The molecule has 0 saturated heterocycles. The lowest BCUT2D eigenvalue weighted by Gasteiger charge is -2.14. The number of aryl methyl sites for hydroxylation is 1. The maximum atomic E-state index is 12.1. The van der Waals surface area contributed by atoms with Crippen LogP contribution < -0.4 is 10.1 Å². The van der Waals surface area contributed by atoms with E-state index >= 15 is 0 Å². The molecule has 1 aliphatic rings. The lowest BCUT2D eigenvalue weighted by molar-refractivity contribution is 0.0947. The molecule has 3 rings (SSSR count). The fourth-order valence-electron chi connectivity index (χ4n) is 2.31. The Morgan fingerprint density at radius 2 is 2.45 bits per heavy atom. The fourth-order valence-corrected chi connectivity index (χ4v) is 2.31. The van der Waals surface area contributed by atoms with Gasteiger partial charge >= 0.3 is 0 Å². The third-order valence-corrected chi connectivity index (χ3v) is 3.34. The minimum atomic E-state index is -0.167. The first-order chi connectivity index (χ1) is 9.75. The number of fused-ring (bicyclic) bond motifs is 1. The molecule has 0 saturated carbocycles. The molecule has 0 aliphatic carbocycles. The average Bonchev–Trinajstić information content (AvgIpc) is 3.08. The Morgan fingerprint density at radius 3 is 3.20 bits per heavy atom. The van der Waals surface area contributed by atoms with Gasteiger partial charge in [0.2, 0.25) is 5.88 Å². The topological polar surface area (TPSA) is 69.3 Å². The smallest absolute Gasteiger partial charge is 0.272 e. The second-order valence-electron chi connectivity index (χ2n) is 4.79. The van der Waals surface area contributed by atoms with Crippen LogP contribution in [0.5, 0.6) is 5.88 Å². The molecule has 0 radical (unpaired) electrons. The van der Waals surface area contributed by atoms with E-state index in [0.29, 0.717) is 31.1 Å². The van der Waals surface area contributed by atoms with Crippen molar-refractivity contribution in [1.29, 1.82) is 0 Å². The molecule has 0 spiro atoms. The van der Waals surface area contributed by atoms with Crippen LogP contribution in [0.1, 0.15) is 28.2 Å². The predicted molar refractivity (Wildman–Crippen MR) is 71.8 cm³/mol. The Balaban J connectivity index is 1.63. The van der Waals surface area contributed by atoms with Crippen LogP contribution >= 0.6 is 0 Å². The van der Waals surface area contributed by atoms with Gasteiger partial charge in [0.25, 0.3) is 5.91 Å². The van der Waals surface area contributed by atoms with Crippen molar-refractivity contribution < 1.29 is 13.9 Å². The minimum absolute atomic E-state index is 0.167. The lowest BCUT2D eigenvalue weighted by atomic mass is 10.2. The number of nitrogens with one attached hydrogen (secondary N) is 1. The third kappa shape index (κ3) is 2.41. The third-order valence-electron chi connectivity index (χ3n) is 3.34. The standard InChI is InChI=1S/C14H17N3O3/c1-10-12(16-17-7-3-9-20-14(10)17)13(18)15-6-5-11-4-2-8-19-11/h2,4,8H,3,5-7,9H2,1H3,(H,15,18). The van der Waals surface area contributed by atoms with Crippen LogP contribution in [-0.4, -0.2) is 28.8 Å². The molecule has 0 unspecified atom stereocenters. The highest BCUT2D eigenvalue weighted by Crippen LogP contribution is 2.24. The molecular formula is C14H17N3O3. The lowest BCUT2D eigenvalue weighted by Crippen LogP contribution is -2.26. The zero-order valence-electron chi connectivity index (χ0n) is 11.4. The van der Waals surface area contributed by atoms with Gasteiger partial charge in [-0.1, -0.05) is 0 Å². The number of hydrogen-bond acceptors (Lipinski definition) is 4. The van der Waals surface area contributed by atoms with Gasteiger partial charge in [0, 0.05) is 31.5 Å². The normalized spacial score (nSPS) is 13.7. The van der Waals surface area contributed by atoms with E-state index in [1.165, 1.54) is 0 Å². The quantitative estimate of drug-likeness (QED) is 0.919. The summed E-state index contributed by atoms with van der Waals surface area (Å²) in [7, 11) is 0. The van der Waals surface area contributed by atoms with Crippen molar-refractivity contribution >= 4 is 5.91 Å². The number of nitrogens with zero attached hydrogens (tertiary/aromatic N) is 2. The maximum absolute atomic E-state index is 12.1. The molecule has 20 heavy (non-hydrogen) atoms. The summed E-state index contributed by atoms with van der Waals surface area (Å²) in [6.07, 6.45) is 3.22. The van der Waals surface area contributed by atoms with Gasteiger partial charge in [-0.25, -0.2) is 4.68 Å². The van der Waals surface area contributed by atoms with Crippen molar-refractivity contribution in [2.75, 3.05) is 13.2 Å². The van der Waals surface area contributed by atoms with Gasteiger partial charge in [0.05, 0.1) is 12.9 Å². The molecule has 1 N–H and O–H groups in total. The highest BCUT2D eigenvalue weighted by atomic mass is 16.5. The van der Waals surface area contributed by atoms with Crippen molar-refractivity contribution in [3.8, 4) is 5.88 Å². The summed E-state index contributed by atoms with van der Waals surface area (Å²) in [5.41, 5.74) is 1.25. The maximum Gasteiger partial charge on any atom is 0.272 e. The molecule has 0 fully saturated rings. The Kier molecular flexibility index (Phi) is 3.45. The number of amides is 1. The van der Waals surface area contributed by atoms with Crippen molar-refractivity contribution in [2.24, 2.45) is 0 Å². The Bertz CT molecular complexity index is 601. The van der Waals surface area contributed by atoms with Gasteiger partial charge < -0.3 is 14.5 Å². The van der Waals surface area contributed by atoms with Crippen LogP contribution in [0.25, 0.3) is 0 Å². The monoisotopic (exact) mass is 275 g/mol. The Labute approximate surface area is 116 Å². The largest absolute Gasteiger partial charge is 0.478 e. The molecule has 1 aliphatic heterocycles. The number of carbonyl (C=O) groups excluding carboxylic acids is 1. The van der Waals surface area contributed by atoms with E-state index < -0.39 is 0 Å². The van der Waals surface area contributed by atoms with Gasteiger partial charge in [-0.05, 0) is 19.1 Å². The van der Waals surface area contributed by atoms with E-state index in [4.69, 9.17) is 9.15 Å². The molecule has 0 atom stereocenters. The summed E-state index contributed by atoms with van der Waals surface area (Å²) in [4.78, 5) is 12.1. The second-order valence-corrected chi connectivity index (χ2v) is 4.79. The number of aromatic nitrogens is 2. The van der Waals surface area contributed by atoms with Gasteiger partial charge in [-0.15, -0.1) is 0 Å². The van der Waals surface area contributed by atoms with Gasteiger partial charge in [0.15, 0.2) is 5.69 Å². The van der Waals surface area contributed by atoms with Crippen LogP contribution in [0.2, 0.25) is 0 Å². The van der Waals surface area contributed by atoms with Crippen LogP contribution in [0.4, 0.5) is 0 Å². The summed E-state index contributed by atoms with van der Waals surface area (Å²) >= 11 is 0. The van der Waals surface area contributed by atoms with Crippen LogP contribution in [0.3, 0.4) is 0 Å². The van der Waals surface area contributed by atoms with Gasteiger partial charge in [-0.2, -0.15) is 5.10 Å². The molecule has 2 aromatic rings. The predicted octanol–water partition coefficient (Wildman–Crippen LogP) is 1.54. The molecule has 106 valence electrons. The SMILES string of the molecule is Cc1c(C(=O)NCCc2ccco2)nn2c1OCCC2. The molecule has 1 amide bonds. The first-order valence-electron chi connectivity index (χ1n) is 6.76. The van der Waals surface area contributed by atoms with Crippen LogP contribution in [0.15, 0.2) is 22.8 Å². The van der Waals surface area contributed by atoms with Crippen LogP contribution in [-0.2, 0) is 13.0 Å². The first-order valence-corrected chi connectivity index (χ1v) is 6.76. The molecule has 0 aromatic carbocycles.